The van der Waals surface area contributed by atoms with E-state index in [4.69, 9.17) is 33.0 Å². The van der Waals surface area contributed by atoms with Crippen LogP contribution < -0.4 is 5.32 Å². The first-order valence-corrected chi connectivity index (χ1v) is 6.93. The topological polar surface area (TPSA) is 75.6 Å². The van der Waals surface area contributed by atoms with E-state index >= 15 is 0 Å². The van der Waals surface area contributed by atoms with Gasteiger partial charge in [-0.05, 0) is 17.7 Å². The van der Waals surface area contributed by atoms with Crippen molar-refractivity contribution in [2.45, 2.75) is 6.61 Å². The van der Waals surface area contributed by atoms with E-state index in [1.807, 2.05) is 18.2 Å². The van der Waals surface area contributed by atoms with Gasteiger partial charge in [0.15, 0.2) is 0 Å². The largest absolute Gasteiger partial charge is 0.478 e. The Bertz CT molecular complexity index is 704. The summed E-state index contributed by atoms with van der Waals surface area (Å²) in [6, 6.07) is 11.6. The molecular formula is C15H11Cl2NO4. The van der Waals surface area contributed by atoms with Gasteiger partial charge in [-0.15, -0.1) is 0 Å². The average Bonchev–Trinajstić information content (AvgIpc) is 2.48. The van der Waals surface area contributed by atoms with Crippen LogP contribution >= 0.6 is 23.2 Å². The van der Waals surface area contributed by atoms with E-state index < -0.39 is 12.1 Å². The Morgan fingerprint density at radius 3 is 2.45 bits per heavy atom. The number of halogens is 2. The number of hydrogen-bond donors (Lipinski definition) is 2. The highest BCUT2D eigenvalue weighted by Gasteiger charge is 2.17. The Kier molecular flexibility index (Phi) is 5.25. The number of ether oxygens (including phenoxy) is 1. The molecule has 1 amide bonds. The molecule has 2 rings (SSSR count). The fraction of sp³-hybridized carbons (Fsp3) is 0.0667. The maximum absolute atomic E-state index is 11.8. The number of aromatic carboxylic acids is 1. The second kappa shape index (κ2) is 7.15. The minimum Gasteiger partial charge on any atom is -0.478 e. The molecule has 7 heteroatoms. The Morgan fingerprint density at radius 2 is 1.82 bits per heavy atom. The van der Waals surface area contributed by atoms with E-state index in [0.29, 0.717) is 0 Å². The van der Waals surface area contributed by atoms with Crippen molar-refractivity contribution in [1.29, 1.82) is 0 Å². The van der Waals surface area contributed by atoms with Gasteiger partial charge in [0.1, 0.15) is 6.61 Å². The van der Waals surface area contributed by atoms with E-state index in [0.717, 1.165) is 5.56 Å². The van der Waals surface area contributed by atoms with Crippen LogP contribution in [-0.2, 0) is 11.3 Å². The highest BCUT2D eigenvalue weighted by molar-refractivity contribution is 6.37. The van der Waals surface area contributed by atoms with Crippen molar-refractivity contribution in [2.24, 2.45) is 0 Å². The van der Waals surface area contributed by atoms with Gasteiger partial charge < -0.3 is 9.84 Å². The second-order valence-corrected chi connectivity index (χ2v) is 5.15. The number of rotatable bonds is 4. The third-order valence-electron chi connectivity index (χ3n) is 2.73. The molecule has 114 valence electrons. The van der Waals surface area contributed by atoms with Crippen LogP contribution in [-0.4, -0.2) is 17.2 Å². The SMILES string of the molecule is O=C(Nc1c(Cl)cc(Cl)cc1C(=O)O)OCc1ccccc1. The van der Waals surface area contributed by atoms with Crippen LogP contribution in [0.25, 0.3) is 0 Å². The summed E-state index contributed by atoms with van der Waals surface area (Å²) in [5, 5.41) is 11.6. The molecule has 0 aliphatic carbocycles. The maximum atomic E-state index is 11.8. The van der Waals surface area contributed by atoms with Crippen LogP contribution in [0.3, 0.4) is 0 Å². The molecule has 0 atom stereocenters. The van der Waals surface area contributed by atoms with Crippen LogP contribution in [0, 0.1) is 0 Å². The van der Waals surface area contributed by atoms with E-state index in [2.05, 4.69) is 5.32 Å². The van der Waals surface area contributed by atoms with E-state index in [1.165, 1.54) is 12.1 Å². The van der Waals surface area contributed by atoms with Gasteiger partial charge in [-0.25, -0.2) is 9.59 Å². The lowest BCUT2D eigenvalue weighted by atomic mass is 10.2. The zero-order valence-corrected chi connectivity index (χ0v) is 12.7. The molecule has 5 nitrogen and oxygen atoms in total. The highest BCUT2D eigenvalue weighted by atomic mass is 35.5. The number of amides is 1. The molecule has 0 aliphatic rings. The van der Waals surface area contributed by atoms with E-state index in [1.54, 1.807) is 12.1 Å². The van der Waals surface area contributed by atoms with Gasteiger partial charge in [0, 0.05) is 5.02 Å². The summed E-state index contributed by atoms with van der Waals surface area (Å²) >= 11 is 11.7. The monoisotopic (exact) mass is 339 g/mol. The molecule has 0 bridgehead atoms. The molecule has 2 aromatic rings. The number of nitrogens with one attached hydrogen (secondary N) is 1. The molecule has 0 saturated heterocycles. The lowest BCUT2D eigenvalue weighted by Gasteiger charge is -2.11. The molecule has 2 aromatic carbocycles. The van der Waals surface area contributed by atoms with Crippen molar-refractivity contribution in [3.63, 3.8) is 0 Å². The van der Waals surface area contributed by atoms with Gasteiger partial charge in [0.05, 0.1) is 16.3 Å². The van der Waals surface area contributed by atoms with Crippen molar-refractivity contribution in [1.82, 2.24) is 0 Å². The van der Waals surface area contributed by atoms with Crippen LogP contribution in [0.4, 0.5) is 10.5 Å². The predicted octanol–water partition coefficient (Wildman–Crippen LogP) is 4.44. The quantitative estimate of drug-likeness (QED) is 0.863. The van der Waals surface area contributed by atoms with Gasteiger partial charge in [0.25, 0.3) is 0 Å². The van der Waals surface area contributed by atoms with E-state index in [9.17, 15) is 9.59 Å². The standard InChI is InChI=1S/C15H11Cl2NO4/c16-10-6-11(14(19)20)13(12(17)7-10)18-15(21)22-8-9-4-2-1-3-5-9/h1-7H,8H2,(H,18,21)(H,19,20). The van der Waals surface area contributed by atoms with Crippen LogP contribution in [0.2, 0.25) is 10.0 Å². The molecule has 22 heavy (non-hydrogen) atoms. The Balaban J connectivity index is 2.10. The summed E-state index contributed by atoms with van der Waals surface area (Å²) in [6.07, 6.45) is -0.810. The summed E-state index contributed by atoms with van der Waals surface area (Å²) < 4.78 is 5.02. The van der Waals surface area contributed by atoms with E-state index in [-0.39, 0.29) is 27.9 Å². The first-order chi connectivity index (χ1) is 10.5. The molecule has 0 aliphatic heterocycles. The average molecular weight is 340 g/mol. The van der Waals surface area contributed by atoms with Crippen LogP contribution in [0.5, 0.6) is 0 Å². The number of benzene rings is 2. The first kappa shape index (κ1) is 16.1. The minimum absolute atomic E-state index is 0.0153. The Morgan fingerprint density at radius 1 is 1.14 bits per heavy atom. The molecule has 0 saturated carbocycles. The summed E-state index contributed by atoms with van der Waals surface area (Å²) in [7, 11) is 0. The van der Waals surface area contributed by atoms with Crippen molar-refractivity contribution in [3.05, 3.63) is 63.6 Å². The predicted molar refractivity (Wildman–Crippen MR) is 83.7 cm³/mol. The van der Waals surface area contributed by atoms with Crippen molar-refractivity contribution < 1.29 is 19.4 Å². The van der Waals surface area contributed by atoms with Crippen LogP contribution in [0.1, 0.15) is 15.9 Å². The molecule has 0 radical (unpaired) electrons. The van der Waals surface area contributed by atoms with Gasteiger partial charge in [-0.3, -0.25) is 5.32 Å². The van der Waals surface area contributed by atoms with Gasteiger partial charge >= 0.3 is 12.1 Å². The summed E-state index contributed by atoms with van der Waals surface area (Å²) in [5.41, 5.74) is 0.532. The van der Waals surface area contributed by atoms with Gasteiger partial charge in [0.2, 0.25) is 0 Å². The Labute approximate surface area is 136 Å². The molecule has 0 heterocycles. The molecule has 0 aromatic heterocycles. The molecule has 0 spiro atoms. The van der Waals surface area contributed by atoms with Gasteiger partial charge in [-0.1, -0.05) is 53.5 Å². The molecule has 0 fully saturated rings. The van der Waals surface area contributed by atoms with Crippen LogP contribution in [0.15, 0.2) is 42.5 Å². The number of carboxylic acids is 1. The number of carbonyl (C=O) groups excluding carboxylic acids is 1. The fourth-order valence-electron chi connectivity index (χ4n) is 1.73. The minimum atomic E-state index is -1.26. The summed E-state index contributed by atoms with van der Waals surface area (Å²) in [5.74, 6) is -1.26. The molecule has 2 N–H and O–H groups in total. The van der Waals surface area contributed by atoms with Gasteiger partial charge in [-0.2, -0.15) is 0 Å². The second-order valence-electron chi connectivity index (χ2n) is 4.30. The summed E-state index contributed by atoms with van der Waals surface area (Å²) in [6.45, 7) is 0.0558. The molecular weight excluding hydrogens is 329 g/mol. The lowest BCUT2D eigenvalue weighted by molar-refractivity contribution is 0.0698. The number of anilines is 1. The van der Waals surface area contributed by atoms with Crippen molar-refractivity contribution in [3.8, 4) is 0 Å². The van der Waals surface area contributed by atoms with Crippen molar-refractivity contribution >= 4 is 41.0 Å². The fourth-order valence-corrected chi connectivity index (χ4v) is 2.27. The number of carbonyl (C=O) groups is 2. The smallest absolute Gasteiger partial charge is 0.412 e. The Hall–Kier alpha value is -2.24. The van der Waals surface area contributed by atoms with Crippen molar-refractivity contribution in [2.75, 3.05) is 5.32 Å². The summed E-state index contributed by atoms with van der Waals surface area (Å²) in [4.78, 5) is 23.0. The zero-order valence-electron chi connectivity index (χ0n) is 11.2. The highest BCUT2D eigenvalue weighted by Crippen LogP contribution is 2.30. The maximum Gasteiger partial charge on any atom is 0.412 e. The lowest BCUT2D eigenvalue weighted by Crippen LogP contribution is -2.16. The first-order valence-electron chi connectivity index (χ1n) is 6.17. The number of hydrogen-bond acceptors (Lipinski definition) is 3. The normalized spacial score (nSPS) is 10.1. The molecule has 0 unspecified atom stereocenters. The zero-order chi connectivity index (χ0) is 16.1. The third kappa shape index (κ3) is 4.13. The third-order valence-corrected chi connectivity index (χ3v) is 3.24. The number of carboxylic acid groups (broad SMARTS) is 1.